The number of likely N-dealkylation sites (tertiary alicyclic amines) is 1. The molecule has 0 amide bonds. The third-order valence-corrected chi connectivity index (χ3v) is 4.15. The Labute approximate surface area is 102 Å². The molecule has 0 aromatic carbocycles. The van der Waals surface area contributed by atoms with Crippen LogP contribution in [0, 0.1) is 5.92 Å². The summed E-state index contributed by atoms with van der Waals surface area (Å²) in [4.78, 5) is 2.69. The maximum absolute atomic E-state index is 3.48. The lowest BCUT2D eigenvalue weighted by molar-refractivity contribution is 0.100. The molecular formula is C14H30N2. The highest BCUT2D eigenvalue weighted by molar-refractivity contribution is 4.84. The molecule has 16 heavy (non-hydrogen) atoms. The Bertz CT molecular complexity index is 182. The quantitative estimate of drug-likeness (QED) is 0.749. The van der Waals surface area contributed by atoms with Crippen molar-refractivity contribution in [2.24, 2.45) is 5.92 Å². The van der Waals surface area contributed by atoms with Gasteiger partial charge in [0.05, 0.1) is 0 Å². The zero-order valence-corrected chi connectivity index (χ0v) is 11.6. The number of nitrogens with one attached hydrogen (secondary N) is 1. The van der Waals surface area contributed by atoms with Crippen molar-refractivity contribution < 1.29 is 0 Å². The van der Waals surface area contributed by atoms with Gasteiger partial charge in [-0.2, -0.15) is 0 Å². The molecule has 0 aromatic rings. The standard InChI is InChI=1S/C14H30N2/c1-5-7-8-13-9-14(15-4)11-16(10-13)12(3)6-2/h12-15H,5-11H2,1-4H3. The summed E-state index contributed by atoms with van der Waals surface area (Å²) in [5, 5.41) is 3.48. The van der Waals surface area contributed by atoms with Gasteiger partial charge in [-0.25, -0.2) is 0 Å². The van der Waals surface area contributed by atoms with Crippen LogP contribution in [0.5, 0.6) is 0 Å². The minimum absolute atomic E-state index is 0.713. The van der Waals surface area contributed by atoms with Gasteiger partial charge in [-0.15, -0.1) is 0 Å². The number of unbranched alkanes of at least 4 members (excludes halogenated alkanes) is 1. The lowest BCUT2D eigenvalue weighted by atomic mass is 9.89. The molecule has 1 rings (SSSR count). The van der Waals surface area contributed by atoms with E-state index in [9.17, 15) is 0 Å². The average molecular weight is 226 g/mol. The molecule has 2 nitrogen and oxygen atoms in total. The molecular weight excluding hydrogens is 196 g/mol. The second kappa shape index (κ2) is 7.29. The maximum atomic E-state index is 3.48. The van der Waals surface area contributed by atoms with Gasteiger partial charge in [0.1, 0.15) is 0 Å². The van der Waals surface area contributed by atoms with Gasteiger partial charge in [-0.05, 0) is 39.2 Å². The van der Waals surface area contributed by atoms with Crippen LogP contribution >= 0.6 is 0 Å². The Morgan fingerprint density at radius 2 is 2.06 bits per heavy atom. The van der Waals surface area contributed by atoms with Gasteiger partial charge < -0.3 is 5.32 Å². The molecule has 1 aliphatic rings. The lowest BCUT2D eigenvalue weighted by Crippen LogP contribution is -2.51. The zero-order chi connectivity index (χ0) is 12.0. The van der Waals surface area contributed by atoms with Crippen molar-refractivity contribution in [2.75, 3.05) is 20.1 Å². The molecule has 0 aromatic heterocycles. The second-order valence-corrected chi connectivity index (χ2v) is 5.44. The van der Waals surface area contributed by atoms with E-state index in [-0.39, 0.29) is 0 Å². The Kier molecular flexibility index (Phi) is 6.37. The van der Waals surface area contributed by atoms with Crippen LogP contribution in [0.15, 0.2) is 0 Å². The first-order valence-corrected chi connectivity index (χ1v) is 7.12. The van der Waals surface area contributed by atoms with Crippen LogP contribution in [0.25, 0.3) is 0 Å². The van der Waals surface area contributed by atoms with Gasteiger partial charge in [0.25, 0.3) is 0 Å². The van der Waals surface area contributed by atoms with Crippen molar-refractivity contribution in [3.05, 3.63) is 0 Å². The molecule has 0 bridgehead atoms. The smallest absolute Gasteiger partial charge is 0.0195 e. The number of likely N-dealkylation sites (N-methyl/N-ethyl adjacent to an activating group) is 1. The van der Waals surface area contributed by atoms with E-state index >= 15 is 0 Å². The van der Waals surface area contributed by atoms with E-state index in [1.54, 1.807) is 0 Å². The summed E-state index contributed by atoms with van der Waals surface area (Å²) >= 11 is 0. The third-order valence-electron chi connectivity index (χ3n) is 4.15. The van der Waals surface area contributed by atoms with Gasteiger partial charge in [-0.1, -0.05) is 26.7 Å². The van der Waals surface area contributed by atoms with Crippen LogP contribution in [0.1, 0.15) is 52.9 Å². The first kappa shape index (κ1) is 14.0. The molecule has 1 heterocycles. The highest BCUT2D eigenvalue weighted by Gasteiger charge is 2.27. The Balaban J connectivity index is 2.47. The second-order valence-electron chi connectivity index (χ2n) is 5.44. The van der Waals surface area contributed by atoms with E-state index in [1.807, 2.05) is 0 Å². The van der Waals surface area contributed by atoms with Crippen LogP contribution in [-0.2, 0) is 0 Å². The Hall–Kier alpha value is -0.0800. The topological polar surface area (TPSA) is 15.3 Å². The van der Waals surface area contributed by atoms with Crippen molar-refractivity contribution in [3.63, 3.8) is 0 Å². The molecule has 1 saturated heterocycles. The minimum Gasteiger partial charge on any atom is -0.316 e. The monoisotopic (exact) mass is 226 g/mol. The van der Waals surface area contributed by atoms with E-state index < -0.39 is 0 Å². The fourth-order valence-corrected chi connectivity index (χ4v) is 2.77. The van der Waals surface area contributed by atoms with Crippen molar-refractivity contribution in [1.82, 2.24) is 10.2 Å². The van der Waals surface area contributed by atoms with Crippen LogP contribution < -0.4 is 5.32 Å². The van der Waals surface area contributed by atoms with Crippen LogP contribution in [0.3, 0.4) is 0 Å². The number of nitrogens with zero attached hydrogens (tertiary/aromatic N) is 1. The van der Waals surface area contributed by atoms with Crippen LogP contribution in [-0.4, -0.2) is 37.1 Å². The van der Waals surface area contributed by atoms with Crippen LogP contribution in [0.4, 0.5) is 0 Å². The van der Waals surface area contributed by atoms with Crippen molar-refractivity contribution in [2.45, 2.75) is 65.0 Å². The Morgan fingerprint density at radius 3 is 2.62 bits per heavy atom. The number of hydrogen-bond donors (Lipinski definition) is 1. The molecule has 3 atom stereocenters. The molecule has 0 spiro atoms. The number of rotatable bonds is 6. The summed E-state index contributed by atoms with van der Waals surface area (Å²) in [6.45, 7) is 9.54. The van der Waals surface area contributed by atoms with E-state index in [2.05, 4.69) is 38.0 Å². The summed E-state index contributed by atoms with van der Waals surface area (Å²) in [5.41, 5.74) is 0. The number of piperidine rings is 1. The molecule has 0 saturated carbocycles. The molecule has 96 valence electrons. The fourth-order valence-electron chi connectivity index (χ4n) is 2.77. The molecule has 0 radical (unpaired) electrons. The van der Waals surface area contributed by atoms with Crippen molar-refractivity contribution in [1.29, 1.82) is 0 Å². The molecule has 1 aliphatic heterocycles. The summed E-state index contributed by atoms with van der Waals surface area (Å²) < 4.78 is 0. The Morgan fingerprint density at radius 1 is 1.31 bits per heavy atom. The summed E-state index contributed by atoms with van der Waals surface area (Å²) in [6.07, 6.45) is 6.81. The average Bonchev–Trinajstić information content (AvgIpc) is 2.34. The summed E-state index contributed by atoms with van der Waals surface area (Å²) in [6, 6.07) is 1.46. The highest BCUT2D eigenvalue weighted by atomic mass is 15.2. The molecule has 3 unspecified atom stereocenters. The predicted octanol–water partition coefficient (Wildman–Crippen LogP) is 2.89. The molecule has 0 aliphatic carbocycles. The molecule has 1 fully saturated rings. The number of hydrogen-bond acceptors (Lipinski definition) is 2. The van der Waals surface area contributed by atoms with Gasteiger partial charge >= 0.3 is 0 Å². The largest absolute Gasteiger partial charge is 0.316 e. The van der Waals surface area contributed by atoms with Gasteiger partial charge in [0.2, 0.25) is 0 Å². The fraction of sp³-hybridized carbons (Fsp3) is 1.00. The summed E-state index contributed by atoms with van der Waals surface area (Å²) in [7, 11) is 2.11. The van der Waals surface area contributed by atoms with Gasteiger partial charge in [0, 0.05) is 25.2 Å². The zero-order valence-electron chi connectivity index (χ0n) is 11.6. The lowest BCUT2D eigenvalue weighted by Gasteiger charge is -2.41. The predicted molar refractivity (Wildman–Crippen MR) is 71.8 cm³/mol. The van der Waals surface area contributed by atoms with Gasteiger partial charge in [0.15, 0.2) is 0 Å². The molecule has 1 N–H and O–H groups in total. The van der Waals surface area contributed by atoms with E-state index in [0.717, 1.165) is 12.0 Å². The van der Waals surface area contributed by atoms with Crippen LogP contribution in [0.2, 0.25) is 0 Å². The highest BCUT2D eigenvalue weighted by Crippen LogP contribution is 2.24. The van der Waals surface area contributed by atoms with E-state index in [4.69, 9.17) is 0 Å². The first-order valence-electron chi connectivity index (χ1n) is 7.12. The minimum atomic E-state index is 0.713. The summed E-state index contributed by atoms with van der Waals surface area (Å²) in [5.74, 6) is 0.917. The third kappa shape index (κ3) is 4.06. The van der Waals surface area contributed by atoms with Gasteiger partial charge in [-0.3, -0.25) is 4.90 Å². The normalized spacial score (nSPS) is 29.2. The van der Waals surface area contributed by atoms with Crippen molar-refractivity contribution >= 4 is 0 Å². The van der Waals surface area contributed by atoms with Crippen molar-refractivity contribution in [3.8, 4) is 0 Å². The maximum Gasteiger partial charge on any atom is 0.0195 e. The van der Waals surface area contributed by atoms with E-state index in [1.165, 1.54) is 45.2 Å². The molecule has 2 heteroatoms. The SMILES string of the molecule is CCCCC1CC(NC)CN(C(C)CC)C1. The van der Waals surface area contributed by atoms with E-state index in [0.29, 0.717) is 6.04 Å². The first-order chi connectivity index (χ1) is 7.71.